The number of halogens is 2. The molecule has 3 nitrogen and oxygen atoms in total. The van der Waals surface area contributed by atoms with Crippen LogP contribution in [0.3, 0.4) is 0 Å². The molecule has 0 aliphatic rings. The SMILES string of the molecule is Cc1nn(Cc2ccc(F)c(Br)c2)cc1CNC(C)C. The van der Waals surface area contributed by atoms with Crippen LogP contribution in [0.1, 0.15) is 30.7 Å². The highest BCUT2D eigenvalue weighted by atomic mass is 79.9. The van der Waals surface area contributed by atoms with E-state index in [0.29, 0.717) is 17.1 Å². The Hall–Kier alpha value is -1.20. The molecule has 1 aromatic carbocycles. The quantitative estimate of drug-likeness (QED) is 0.901. The highest BCUT2D eigenvalue weighted by Crippen LogP contribution is 2.18. The van der Waals surface area contributed by atoms with Crippen molar-refractivity contribution in [1.82, 2.24) is 15.1 Å². The topological polar surface area (TPSA) is 29.9 Å². The smallest absolute Gasteiger partial charge is 0.137 e. The number of aromatic nitrogens is 2. The normalized spacial score (nSPS) is 11.3. The zero-order chi connectivity index (χ0) is 14.7. The van der Waals surface area contributed by atoms with Crippen molar-refractivity contribution >= 4 is 15.9 Å². The summed E-state index contributed by atoms with van der Waals surface area (Å²) in [5.41, 5.74) is 3.24. The molecule has 0 unspecified atom stereocenters. The highest BCUT2D eigenvalue weighted by Gasteiger charge is 2.07. The first-order valence-electron chi connectivity index (χ1n) is 6.66. The fourth-order valence-corrected chi connectivity index (χ4v) is 2.38. The largest absolute Gasteiger partial charge is 0.310 e. The van der Waals surface area contributed by atoms with Crippen molar-refractivity contribution in [2.24, 2.45) is 0 Å². The molecule has 2 aromatic rings. The standard InChI is InChI=1S/C15H19BrFN3/c1-10(2)18-7-13-9-20(19-11(13)3)8-12-4-5-15(17)14(16)6-12/h4-6,9-10,18H,7-8H2,1-3H3. The van der Waals surface area contributed by atoms with Crippen molar-refractivity contribution < 1.29 is 4.39 Å². The molecule has 20 heavy (non-hydrogen) atoms. The molecule has 0 aliphatic heterocycles. The monoisotopic (exact) mass is 339 g/mol. The first-order valence-corrected chi connectivity index (χ1v) is 7.45. The van der Waals surface area contributed by atoms with Crippen LogP contribution in [-0.2, 0) is 13.1 Å². The predicted octanol–water partition coefficient (Wildman–Crippen LogP) is 3.64. The lowest BCUT2D eigenvalue weighted by Gasteiger charge is -2.06. The van der Waals surface area contributed by atoms with E-state index >= 15 is 0 Å². The summed E-state index contributed by atoms with van der Waals surface area (Å²) in [5, 5.41) is 7.89. The van der Waals surface area contributed by atoms with Crippen LogP contribution < -0.4 is 5.32 Å². The third kappa shape index (κ3) is 3.90. The highest BCUT2D eigenvalue weighted by molar-refractivity contribution is 9.10. The summed E-state index contributed by atoms with van der Waals surface area (Å²) in [6.07, 6.45) is 2.04. The Morgan fingerprint density at radius 3 is 2.80 bits per heavy atom. The maximum absolute atomic E-state index is 13.2. The summed E-state index contributed by atoms with van der Waals surface area (Å²) < 4.78 is 15.6. The zero-order valence-electron chi connectivity index (χ0n) is 12.0. The maximum atomic E-state index is 13.2. The number of aryl methyl sites for hydroxylation is 1. The summed E-state index contributed by atoms with van der Waals surface area (Å²) in [7, 11) is 0. The number of nitrogens with zero attached hydrogens (tertiary/aromatic N) is 2. The molecule has 5 heteroatoms. The van der Waals surface area contributed by atoms with Gasteiger partial charge in [-0.2, -0.15) is 5.10 Å². The Kier molecular flexibility index (Phi) is 4.94. The molecule has 1 N–H and O–H groups in total. The van der Waals surface area contributed by atoms with E-state index in [2.05, 4.69) is 40.2 Å². The third-order valence-corrected chi connectivity index (χ3v) is 3.69. The Morgan fingerprint density at radius 1 is 1.40 bits per heavy atom. The maximum Gasteiger partial charge on any atom is 0.137 e. The molecule has 2 rings (SSSR count). The average molecular weight is 340 g/mol. The Bertz CT molecular complexity index is 593. The second-order valence-electron chi connectivity index (χ2n) is 5.22. The van der Waals surface area contributed by atoms with Gasteiger partial charge in [0.25, 0.3) is 0 Å². The van der Waals surface area contributed by atoms with E-state index in [1.165, 1.54) is 11.6 Å². The van der Waals surface area contributed by atoms with Crippen LogP contribution in [-0.4, -0.2) is 15.8 Å². The fraction of sp³-hybridized carbons (Fsp3) is 0.400. The first-order chi connectivity index (χ1) is 9.45. The van der Waals surface area contributed by atoms with Gasteiger partial charge in [-0.1, -0.05) is 19.9 Å². The molecule has 0 radical (unpaired) electrons. The van der Waals surface area contributed by atoms with Crippen LogP contribution in [0.25, 0.3) is 0 Å². The molecule has 0 amide bonds. The number of hydrogen-bond donors (Lipinski definition) is 1. The van der Waals surface area contributed by atoms with E-state index in [1.54, 1.807) is 12.1 Å². The second kappa shape index (κ2) is 6.50. The van der Waals surface area contributed by atoms with Gasteiger partial charge in [-0.05, 0) is 40.5 Å². The number of hydrogen-bond acceptors (Lipinski definition) is 2. The summed E-state index contributed by atoms with van der Waals surface area (Å²) in [5.74, 6) is -0.243. The van der Waals surface area contributed by atoms with Gasteiger partial charge in [-0.15, -0.1) is 0 Å². The molecule has 1 heterocycles. The van der Waals surface area contributed by atoms with E-state index in [-0.39, 0.29) is 5.82 Å². The average Bonchev–Trinajstić information content (AvgIpc) is 2.72. The van der Waals surface area contributed by atoms with Crippen molar-refractivity contribution in [2.75, 3.05) is 0 Å². The van der Waals surface area contributed by atoms with Crippen molar-refractivity contribution in [3.8, 4) is 0 Å². The van der Waals surface area contributed by atoms with Crippen molar-refractivity contribution in [3.63, 3.8) is 0 Å². The van der Waals surface area contributed by atoms with Gasteiger partial charge < -0.3 is 5.32 Å². The summed E-state index contributed by atoms with van der Waals surface area (Å²) in [6, 6.07) is 5.49. The van der Waals surface area contributed by atoms with Crippen molar-refractivity contribution in [3.05, 3.63) is 51.5 Å². The molecule has 1 aromatic heterocycles. The van der Waals surface area contributed by atoms with Crippen LogP contribution in [0.5, 0.6) is 0 Å². The summed E-state index contributed by atoms with van der Waals surface area (Å²) in [6.45, 7) is 7.71. The van der Waals surface area contributed by atoms with Gasteiger partial charge in [-0.3, -0.25) is 4.68 Å². The molecule has 0 aliphatic carbocycles. The Balaban J connectivity index is 2.09. The van der Waals surface area contributed by atoms with Gasteiger partial charge in [0.2, 0.25) is 0 Å². The molecule has 108 valence electrons. The van der Waals surface area contributed by atoms with E-state index < -0.39 is 0 Å². The van der Waals surface area contributed by atoms with Crippen molar-refractivity contribution in [1.29, 1.82) is 0 Å². The Morgan fingerprint density at radius 2 is 2.15 bits per heavy atom. The minimum atomic E-state index is -0.243. The molecule has 0 saturated heterocycles. The van der Waals surface area contributed by atoms with Gasteiger partial charge in [0, 0.05) is 24.3 Å². The van der Waals surface area contributed by atoms with Crippen LogP contribution in [0.15, 0.2) is 28.9 Å². The van der Waals surface area contributed by atoms with Crippen molar-refractivity contribution in [2.45, 2.75) is 39.9 Å². The minimum Gasteiger partial charge on any atom is -0.310 e. The van der Waals surface area contributed by atoms with Crippen LogP contribution in [0, 0.1) is 12.7 Å². The summed E-state index contributed by atoms with van der Waals surface area (Å²) >= 11 is 3.21. The minimum absolute atomic E-state index is 0.243. The van der Waals surface area contributed by atoms with E-state index in [9.17, 15) is 4.39 Å². The number of benzene rings is 1. The molecule has 0 spiro atoms. The fourth-order valence-electron chi connectivity index (χ4n) is 1.95. The molecular formula is C15H19BrFN3. The van der Waals surface area contributed by atoms with Gasteiger partial charge >= 0.3 is 0 Å². The predicted molar refractivity (Wildman–Crippen MR) is 82.1 cm³/mol. The first kappa shape index (κ1) is 15.2. The lowest BCUT2D eigenvalue weighted by atomic mass is 10.2. The van der Waals surface area contributed by atoms with E-state index in [4.69, 9.17) is 0 Å². The molecule has 0 bridgehead atoms. The number of nitrogens with one attached hydrogen (secondary N) is 1. The molecule has 0 fully saturated rings. The van der Waals surface area contributed by atoms with E-state index in [1.807, 2.05) is 17.8 Å². The lowest BCUT2D eigenvalue weighted by Crippen LogP contribution is -2.21. The van der Waals surface area contributed by atoms with Gasteiger partial charge in [0.15, 0.2) is 0 Å². The van der Waals surface area contributed by atoms with Crippen LogP contribution in [0.4, 0.5) is 4.39 Å². The molecule has 0 atom stereocenters. The van der Waals surface area contributed by atoms with E-state index in [0.717, 1.165) is 17.8 Å². The second-order valence-corrected chi connectivity index (χ2v) is 6.08. The number of rotatable bonds is 5. The van der Waals surface area contributed by atoms with Gasteiger partial charge in [-0.25, -0.2) is 4.39 Å². The summed E-state index contributed by atoms with van der Waals surface area (Å²) in [4.78, 5) is 0. The zero-order valence-corrected chi connectivity index (χ0v) is 13.5. The van der Waals surface area contributed by atoms with Gasteiger partial charge in [0.1, 0.15) is 5.82 Å². The van der Waals surface area contributed by atoms with Crippen LogP contribution >= 0.6 is 15.9 Å². The van der Waals surface area contributed by atoms with Crippen LogP contribution in [0.2, 0.25) is 0 Å². The molecular weight excluding hydrogens is 321 g/mol. The Labute approximate surface area is 127 Å². The third-order valence-electron chi connectivity index (χ3n) is 3.08. The van der Waals surface area contributed by atoms with Gasteiger partial charge in [0.05, 0.1) is 16.7 Å². The molecule has 0 saturated carbocycles. The lowest BCUT2D eigenvalue weighted by molar-refractivity contribution is 0.587.